The van der Waals surface area contributed by atoms with Crippen LogP contribution in [0.25, 0.3) is 0 Å². The summed E-state index contributed by atoms with van der Waals surface area (Å²) in [4.78, 5) is 12.0. The van der Waals surface area contributed by atoms with E-state index in [0.717, 1.165) is 0 Å². The van der Waals surface area contributed by atoms with Crippen molar-refractivity contribution in [1.82, 2.24) is 9.62 Å². The third-order valence-corrected chi connectivity index (χ3v) is 5.68. The average Bonchev–Trinajstić information content (AvgIpc) is 2.52. The van der Waals surface area contributed by atoms with Gasteiger partial charge in [0.25, 0.3) is 5.91 Å². The maximum absolute atomic E-state index is 12.0. The Bertz CT molecular complexity index is 685. The number of hydrogen-bond donors (Lipinski definition) is 1. The van der Waals surface area contributed by atoms with E-state index in [9.17, 15) is 13.2 Å². The van der Waals surface area contributed by atoms with Gasteiger partial charge in [-0.1, -0.05) is 32.9 Å². The molecule has 1 aromatic carbocycles. The van der Waals surface area contributed by atoms with Crippen LogP contribution >= 0.6 is 0 Å². The molecule has 0 radical (unpaired) electrons. The summed E-state index contributed by atoms with van der Waals surface area (Å²) >= 11 is 0. The number of benzene rings is 1. The van der Waals surface area contributed by atoms with Crippen molar-refractivity contribution in [2.45, 2.75) is 45.1 Å². The summed E-state index contributed by atoms with van der Waals surface area (Å²) in [6.07, 6.45) is 2.46. The van der Waals surface area contributed by atoms with Crippen LogP contribution in [0.1, 0.15) is 39.2 Å². The Labute approximate surface area is 150 Å². The van der Waals surface area contributed by atoms with Gasteiger partial charge in [-0.05, 0) is 36.0 Å². The van der Waals surface area contributed by atoms with E-state index < -0.39 is 10.0 Å². The molecule has 1 aliphatic heterocycles. The number of piperidine rings is 1. The maximum Gasteiger partial charge on any atom is 0.258 e. The first-order valence-electron chi connectivity index (χ1n) is 8.53. The second kappa shape index (κ2) is 7.74. The van der Waals surface area contributed by atoms with Gasteiger partial charge in [-0.15, -0.1) is 0 Å². The fourth-order valence-electron chi connectivity index (χ4n) is 2.80. The van der Waals surface area contributed by atoms with Gasteiger partial charge in [0.2, 0.25) is 10.0 Å². The highest BCUT2D eigenvalue weighted by molar-refractivity contribution is 7.88. The first kappa shape index (κ1) is 19.7. The van der Waals surface area contributed by atoms with E-state index in [4.69, 9.17) is 4.74 Å². The van der Waals surface area contributed by atoms with Crippen molar-refractivity contribution >= 4 is 15.9 Å². The highest BCUT2D eigenvalue weighted by atomic mass is 32.2. The number of amides is 1. The Morgan fingerprint density at radius 2 is 1.76 bits per heavy atom. The molecule has 0 aromatic heterocycles. The molecule has 1 aliphatic rings. The summed E-state index contributed by atoms with van der Waals surface area (Å²) in [6, 6.07) is 7.76. The number of nitrogens with zero attached hydrogens (tertiary/aromatic N) is 1. The van der Waals surface area contributed by atoms with Crippen LogP contribution in [0.2, 0.25) is 0 Å². The number of carbonyl (C=O) groups is 1. The van der Waals surface area contributed by atoms with Crippen molar-refractivity contribution in [2.24, 2.45) is 0 Å². The molecule has 25 heavy (non-hydrogen) atoms. The molecule has 7 heteroatoms. The Balaban J connectivity index is 1.76. The van der Waals surface area contributed by atoms with Gasteiger partial charge in [0.05, 0.1) is 6.26 Å². The first-order chi connectivity index (χ1) is 11.6. The quantitative estimate of drug-likeness (QED) is 0.861. The van der Waals surface area contributed by atoms with Gasteiger partial charge in [0.15, 0.2) is 6.61 Å². The SMILES string of the molecule is CC(C)(C)c1ccc(OCC(=O)NC2CCN(S(C)(=O)=O)CC2)cc1. The molecule has 2 rings (SSSR count). The maximum atomic E-state index is 12.0. The lowest BCUT2D eigenvalue weighted by Gasteiger charge is -2.30. The predicted octanol–water partition coefficient (Wildman–Crippen LogP) is 1.90. The Kier molecular flexibility index (Phi) is 6.11. The molecule has 0 bridgehead atoms. The largest absolute Gasteiger partial charge is 0.484 e. The molecule has 1 fully saturated rings. The molecule has 140 valence electrons. The van der Waals surface area contributed by atoms with Crippen molar-refractivity contribution in [2.75, 3.05) is 26.0 Å². The summed E-state index contributed by atoms with van der Waals surface area (Å²) in [6.45, 7) is 7.28. The van der Waals surface area contributed by atoms with E-state index >= 15 is 0 Å². The summed E-state index contributed by atoms with van der Waals surface area (Å²) in [7, 11) is -3.14. The average molecular weight is 368 g/mol. The molecule has 1 saturated heterocycles. The Hall–Kier alpha value is -1.60. The van der Waals surface area contributed by atoms with Crippen molar-refractivity contribution < 1.29 is 17.9 Å². The van der Waals surface area contributed by atoms with E-state index in [1.165, 1.54) is 16.1 Å². The molecular weight excluding hydrogens is 340 g/mol. The van der Waals surface area contributed by atoms with Gasteiger partial charge in [0.1, 0.15) is 5.75 Å². The van der Waals surface area contributed by atoms with E-state index in [-0.39, 0.29) is 24.0 Å². The minimum atomic E-state index is -3.14. The zero-order valence-corrected chi connectivity index (χ0v) is 16.2. The summed E-state index contributed by atoms with van der Waals surface area (Å²) in [5.74, 6) is 0.479. The molecule has 1 heterocycles. The van der Waals surface area contributed by atoms with Crippen LogP contribution in [0.3, 0.4) is 0 Å². The molecule has 0 spiro atoms. The van der Waals surface area contributed by atoms with Crippen LogP contribution in [-0.2, 0) is 20.2 Å². The molecule has 0 unspecified atom stereocenters. The standard InChI is InChI=1S/C18H28N2O4S/c1-18(2,3)14-5-7-16(8-6-14)24-13-17(21)19-15-9-11-20(12-10-15)25(4,22)23/h5-8,15H,9-13H2,1-4H3,(H,19,21). The number of carbonyl (C=O) groups excluding carboxylic acids is 1. The topological polar surface area (TPSA) is 75.7 Å². The molecule has 0 aliphatic carbocycles. The highest BCUT2D eigenvalue weighted by Gasteiger charge is 2.25. The molecule has 6 nitrogen and oxygen atoms in total. The van der Waals surface area contributed by atoms with Crippen LogP contribution in [0.15, 0.2) is 24.3 Å². The molecule has 1 amide bonds. The van der Waals surface area contributed by atoms with Gasteiger partial charge >= 0.3 is 0 Å². The van der Waals surface area contributed by atoms with Crippen molar-refractivity contribution in [3.63, 3.8) is 0 Å². The molecule has 1 aromatic rings. The second-order valence-corrected chi connectivity index (χ2v) is 9.55. The minimum Gasteiger partial charge on any atom is -0.484 e. The third kappa shape index (κ3) is 6.01. The fraction of sp³-hybridized carbons (Fsp3) is 0.611. The van der Waals surface area contributed by atoms with E-state index in [2.05, 4.69) is 26.1 Å². The van der Waals surface area contributed by atoms with Gasteiger partial charge in [-0.25, -0.2) is 12.7 Å². The monoisotopic (exact) mass is 368 g/mol. The molecule has 1 N–H and O–H groups in total. The van der Waals surface area contributed by atoms with Crippen LogP contribution in [0.4, 0.5) is 0 Å². The van der Waals surface area contributed by atoms with Crippen LogP contribution < -0.4 is 10.1 Å². The molecule has 0 saturated carbocycles. The lowest BCUT2D eigenvalue weighted by atomic mass is 9.87. The smallest absolute Gasteiger partial charge is 0.258 e. The number of nitrogens with one attached hydrogen (secondary N) is 1. The summed E-state index contributed by atoms with van der Waals surface area (Å²) < 4.78 is 29.9. The summed E-state index contributed by atoms with van der Waals surface area (Å²) in [5.41, 5.74) is 1.29. The fourth-order valence-corrected chi connectivity index (χ4v) is 3.68. The van der Waals surface area contributed by atoms with Crippen molar-refractivity contribution in [1.29, 1.82) is 0 Å². The van der Waals surface area contributed by atoms with Crippen molar-refractivity contribution in [3.8, 4) is 5.75 Å². The van der Waals surface area contributed by atoms with E-state index in [1.54, 1.807) is 0 Å². The normalized spacial score (nSPS) is 17.3. The van der Waals surface area contributed by atoms with E-state index in [1.807, 2.05) is 24.3 Å². The minimum absolute atomic E-state index is 0.00244. The summed E-state index contributed by atoms with van der Waals surface area (Å²) in [5, 5.41) is 2.91. The number of rotatable bonds is 5. The first-order valence-corrected chi connectivity index (χ1v) is 10.4. The van der Waals surface area contributed by atoms with Gasteiger partial charge in [-0.2, -0.15) is 0 Å². The molecular formula is C18H28N2O4S. The number of hydrogen-bond acceptors (Lipinski definition) is 4. The van der Waals surface area contributed by atoms with Crippen molar-refractivity contribution in [3.05, 3.63) is 29.8 Å². The predicted molar refractivity (Wildman–Crippen MR) is 98.2 cm³/mol. The zero-order valence-electron chi connectivity index (χ0n) is 15.4. The Morgan fingerprint density at radius 3 is 2.24 bits per heavy atom. The Morgan fingerprint density at radius 1 is 1.20 bits per heavy atom. The van der Waals surface area contributed by atoms with Crippen LogP contribution in [0.5, 0.6) is 5.75 Å². The zero-order chi connectivity index (χ0) is 18.7. The van der Waals surface area contributed by atoms with E-state index in [0.29, 0.717) is 31.7 Å². The lowest BCUT2D eigenvalue weighted by Crippen LogP contribution is -2.47. The number of ether oxygens (including phenoxy) is 1. The third-order valence-electron chi connectivity index (χ3n) is 4.38. The highest BCUT2D eigenvalue weighted by Crippen LogP contribution is 2.24. The van der Waals surface area contributed by atoms with Gasteiger partial charge in [-0.3, -0.25) is 4.79 Å². The van der Waals surface area contributed by atoms with Gasteiger partial charge in [0, 0.05) is 19.1 Å². The van der Waals surface area contributed by atoms with Gasteiger partial charge < -0.3 is 10.1 Å². The lowest BCUT2D eigenvalue weighted by molar-refractivity contribution is -0.124. The molecule has 0 atom stereocenters. The number of sulfonamides is 1. The van der Waals surface area contributed by atoms with Crippen LogP contribution in [-0.4, -0.2) is 50.6 Å². The second-order valence-electron chi connectivity index (χ2n) is 7.57. The van der Waals surface area contributed by atoms with Crippen LogP contribution in [0, 0.1) is 0 Å².